The van der Waals surface area contributed by atoms with Crippen molar-refractivity contribution in [2.75, 3.05) is 18.8 Å². The maximum Gasteiger partial charge on any atom is 0.240 e. The molecule has 1 aromatic heterocycles. The van der Waals surface area contributed by atoms with Gasteiger partial charge in [0.05, 0.1) is 16.2 Å². The molecule has 1 aliphatic rings. The normalized spacial score (nSPS) is 17.6. The van der Waals surface area contributed by atoms with Crippen LogP contribution in [0.25, 0.3) is 10.9 Å². The molecule has 1 aromatic carbocycles. The van der Waals surface area contributed by atoms with Crippen LogP contribution in [0.1, 0.15) is 26.7 Å². The molecule has 3 rings (SSSR count). The molecular formula is C18H25N3O4S2. The summed E-state index contributed by atoms with van der Waals surface area (Å²) in [6.07, 6.45) is 2.59. The molecule has 9 heteroatoms. The summed E-state index contributed by atoms with van der Waals surface area (Å²) >= 11 is 0. The highest BCUT2D eigenvalue weighted by atomic mass is 32.2. The minimum absolute atomic E-state index is 0.0635. The fourth-order valence-corrected chi connectivity index (χ4v) is 6.45. The van der Waals surface area contributed by atoms with Crippen LogP contribution in [0.4, 0.5) is 0 Å². The molecule has 27 heavy (non-hydrogen) atoms. The van der Waals surface area contributed by atoms with Gasteiger partial charge in [-0.1, -0.05) is 19.9 Å². The molecule has 0 atom stereocenters. The van der Waals surface area contributed by atoms with E-state index in [1.165, 1.54) is 4.31 Å². The van der Waals surface area contributed by atoms with Crippen LogP contribution in [0, 0.1) is 5.92 Å². The molecule has 0 aliphatic carbocycles. The van der Waals surface area contributed by atoms with Gasteiger partial charge in [0.15, 0.2) is 0 Å². The Balaban J connectivity index is 1.67. The van der Waals surface area contributed by atoms with Gasteiger partial charge in [0.2, 0.25) is 20.0 Å². The van der Waals surface area contributed by atoms with Crippen molar-refractivity contribution in [3.8, 4) is 0 Å². The van der Waals surface area contributed by atoms with Gasteiger partial charge in [-0.3, -0.25) is 4.98 Å². The van der Waals surface area contributed by atoms with Gasteiger partial charge >= 0.3 is 0 Å². The van der Waals surface area contributed by atoms with Crippen LogP contribution in [0.15, 0.2) is 41.4 Å². The van der Waals surface area contributed by atoms with E-state index < -0.39 is 20.0 Å². The lowest BCUT2D eigenvalue weighted by atomic mass is 10.1. The summed E-state index contributed by atoms with van der Waals surface area (Å²) in [6.45, 7) is 4.42. The molecule has 7 nitrogen and oxygen atoms in total. The molecular weight excluding hydrogens is 386 g/mol. The molecule has 2 aromatic rings. The minimum Gasteiger partial charge on any atom is -0.256 e. The van der Waals surface area contributed by atoms with E-state index in [0.29, 0.717) is 25.9 Å². The number of rotatable bonds is 6. The number of aromatic nitrogens is 1. The zero-order valence-corrected chi connectivity index (χ0v) is 17.1. The summed E-state index contributed by atoms with van der Waals surface area (Å²) in [6, 6.07) is 8.14. The Kier molecular flexibility index (Phi) is 5.85. The highest BCUT2D eigenvalue weighted by molar-refractivity contribution is 7.89. The lowest BCUT2D eigenvalue weighted by Crippen LogP contribution is -2.47. The molecule has 1 aliphatic heterocycles. The second-order valence-corrected chi connectivity index (χ2v) is 11.1. The first-order valence-electron chi connectivity index (χ1n) is 9.02. The van der Waals surface area contributed by atoms with Crippen LogP contribution >= 0.6 is 0 Å². The van der Waals surface area contributed by atoms with Crippen molar-refractivity contribution >= 4 is 30.9 Å². The van der Waals surface area contributed by atoms with Crippen molar-refractivity contribution < 1.29 is 16.8 Å². The molecule has 1 saturated heterocycles. The Bertz CT molecular complexity index is 1010. The number of pyridine rings is 1. The van der Waals surface area contributed by atoms with E-state index >= 15 is 0 Å². The van der Waals surface area contributed by atoms with Crippen molar-refractivity contribution in [3.63, 3.8) is 0 Å². The first kappa shape index (κ1) is 20.2. The van der Waals surface area contributed by atoms with Crippen molar-refractivity contribution in [2.24, 2.45) is 5.92 Å². The van der Waals surface area contributed by atoms with Crippen LogP contribution in [-0.4, -0.2) is 51.0 Å². The number of benzene rings is 1. The van der Waals surface area contributed by atoms with Gasteiger partial charge in [-0.15, -0.1) is 0 Å². The van der Waals surface area contributed by atoms with Crippen LogP contribution in [0.5, 0.6) is 0 Å². The van der Waals surface area contributed by atoms with E-state index in [2.05, 4.69) is 9.71 Å². The molecule has 0 spiro atoms. The summed E-state index contributed by atoms with van der Waals surface area (Å²) in [7, 11) is -6.95. The number of sulfonamides is 2. The van der Waals surface area contributed by atoms with Gasteiger partial charge in [-0.05, 0) is 43.0 Å². The van der Waals surface area contributed by atoms with Gasteiger partial charge in [0.1, 0.15) is 0 Å². The molecule has 0 radical (unpaired) electrons. The molecule has 0 bridgehead atoms. The molecule has 1 N–H and O–H groups in total. The highest BCUT2D eigenvalue weighted by Gasteiger charge is 2.30. The van der Waals surface area contributed by atoms with Gasteiger partial charge in [0, 0.05) is 30.7 Å². The fraction of sp³-hybridized carbons (Fsp3) is 0.500. The van der Waals surface area contributed by atoms with Crippen LogP contribution in [0.2, 0.25) is 0 Å². The third-order valence-corrected chi connectivity index (χ3v) is 8.36. The molecule has 0 saturated carbocycles. The Morgan fingerprint density at radius 2 is 1.85 bits per heavy atom. The Hall–Kier alpha value is -1.55. The Morgan fingerprint density at radius 1 is 1.15 bits per heavy atom. The molecule has 2 heterocycles. The fourth-order valence-electron chi connectivity index (χ4n) is 3.29. The van der Waals surface area contributed by atoms with E-state index in [4.69, 9.17) is 0 Å². The topological polar surface area (TPSA) is 96.4 Å². The third kappa shape index (κ3) is 4.84. The number of nitrogens with zero attached hydrogens (tertiary/aromatic N) is 2. The smallest absolute Gasteiger partial charge is 0.240 e. The van der Waals surface area contributed by atoms with Gasteiger partial charge in [-0.2, -0.15) is 0 Å². The number of piperidine rings is 1. The van der Waals surface area contributed by atoms with E-state index in [1.54, 1.807) is 30.5 Å². The minimum atomic E-state index is -3.67. The van der Waals surface area contributed by atoms with Crippen LogP contribution < -0.4 is 4.72 Å². The van der Waals surface area contributed by atoms with Crippen molar-refractivity contribution in [1.29, 1.82) is 0 Å². The summed E-state index contributed by atoms with van der Waals surface area (Å²) in [4.78, 5) is 4.39. The zero-order valence-electron chi connectivity index (χ0n) is 15.5. The SMILES string of the molecule is CC(C)CS(=O)(=O)N1CCC(NS(=O)(=O)c2ccc3ncccc3c2)CC1. The Labute approximate surface area is 160 Å². The maximum atomic E-state index is 12.7. The third-order valence-electron chi connectivity index (χ3n) is 4.60. The summed E-state index contributed by atoms with van der Waals surface area (Å²) in [5.41, 5.74) is 0.736. The average molecular weight is 412 g/mol. The highest BCUT2D eigenvalue weighted by Crippen LogP contribution is 2.21. The molecule has 0 amide bonds. The number of hydrogen-bond acceptors (Lipinski definition) is 5. The maximum absolute atomic E-state index is 12.7. The van der Waals surface area contributed by atoms with Crippen LogP contribution in [0.3, 0.4) is 0 Å². The van der Waals surface area contributed by atoms with E-state index in [9.17, 15) is 16.8 Å². The lowest BCUT2D eigenvalue weighted by molar-refractivity contribution is 0.307. The predicted molar refractivity (Wildman–Crippen MR) is 105 cm³/mol. The lowest BCUT2D eigenvalue weighted by Gasteiger charge is -2.31. The van der Waals surface area contributed by atoms with Crippen molar-refractivity contribution in [2.45, 2.75) is 37.6 Å². The summed E-state index contributed by atoms with van der Waals surface area (Å²) < 4.78 is 54.2. The quantitative estimate of drug-likeness (QED) is 0.784. The van der Waals surface area contributed by atoms with Crippen molar-refractivity contribution in [1.82, 2.24) is 14.0 Å². The first-order chi connectivity index (χ1) is 12.7. The Morgan fingerprint density at radius 3 is 2.52 bits per heavy atom. The van der Waals surface area contributed by atoms with E-state index in [0.717, 1.165) is 10.9 Å². The molecule has 1 fully saturated rings. The average Bonchev–Trinajstić information content (AvgIpc) is 2.60. The first-order valence-corrected chi connectivity index (χ1v) is 12.1. The van der Waals surface area contributed by atoms with Gasteiger partial charge in [0.25, 0.3) is 0 Å². The van der Waals surface area contributed by atoms with E-state index in [-0.39, 0.29) is 22.6 Å². The zero-order chi connectivity index (χ0) is 19.7. The number of hydrogen-bond donors (Lipinski definition) is 1. The number of nitrogens with one attached hydrogen (secondary N) is 1. The van der Waals surface area contributed by atoms with Crippen LogP contribution in [-0.2, 0) is 20.0 Å². The van der Waals surface area contributed by atoms with E-state index in [1.807, 2.05) is 19.9 Å². The summed E-state index contributed by atoms with van der Waals surface area (Å²) in [5, 5.41) is 0.759. The predicted octanol–water partition coefficient (Wildman–Crippen LogP) is 1.96. The second kappa shape index (κ2) is 7.83. The largest absolute Gasteiger partial charge is 0.256 e. The standard InChI is InChI=1S/C18H25N3O4S2/c1-14(2)13-26(22,23)21-10-7-16(8-11-21)20-27(24,25)17-5-6-18-15(12-17)4-3-9-19-18/h3-6,9,12,14,16,20H,7-8,10-11,13H2,1-2H3. The van der Waals surface area contributed by atoms with Gasteiger partial charge in [-0.25, -0.2) is 25.9 Å². The molecule has 148 valence electrons. The van der Waals surface area contributed by atoms with Gasteiger partial charge < -0.3 is 0 Å². The monoisotopic (exact) mass is 411 g/mol. The van der Waals surface area contributed by atoms with Crippen molar-refractivity contribution in [3.05, 3.63) is 36.5 Å². The second-order valence-electron chi connectivity index (χ2n) is 7.32. The number of fused-ring (bicyclic) bond motifs is 1. The summed E-state index contributed by atoms with van der Waals surface area (Å²) in [5.74, 6) is 0.183. The molecule has 0 unspecified atom stereocenters.